The Balaban J connectivity index is 1.31. The number of carboxylic acid groups (broad SMARTS) is 1. The van der Waals surface area contributed by atoms with Crippen molar-refractivity contribution in [1.82, 2.24) is 83.6 Å². The molecule has 3 aliphatic rings. The van der Waals surface area contributed by atoms with Gasteiger partial charge in [-0.2, -0.15) is 24.4 Å². The van der Waals surface area contributed by atoms with Crippen LogP contribution in [0.3, 0.4) is 0 Å². The summed E-state index contributed by atoms with van der Waals surface area (Å²) in [6.45, 7) is 7.18. The Kier molecular flexibility index (Phi) is 40.5. The van der Waals surface area contributed by atoms with Gasteiger partial charge in [0.15, 0.2) is 17.9 Å². The van der Waals surface area contributed by atoms with Crippen LogP contribution >= 0.6 is 24.4 Å². The number of thioether (sulfide) groups is 1. The first kappa shape index (κ1) is 96.5. The lowest BCUT2D eigenvalue weighted by atomic mass is 10.0. The number of guanidine groups is 3. The number of hydrogen-bond donors (Lipinski definition) is 22. The summed E-state index contributed by atoms with van der Waals surface area (Å²) in [6, 6.07) is -10.1. The number of carbonyl (C=O) groups is 15. The molecule has 1 unspecified atom stereocenters. The molecule has 2 aromatic rings. The molecule has 14 amide bonds. The summed E-state index contributed by atoms with van der Waals surface area (Å²) in [5.41, 5.74) is 34.2. The number of aliphatic carboxylic acids is 1. The van der Waals surface area contributed by atoms with Gasteiger partial charge in [-0.05, 0) is 120 Å². The highest BCUT2D eigenvalue weighted by Crippen LogP contribution is 2.24. The molecular formula is C73H117N25O17S2. The number of thiol groups is 1. The quantitative estimate of drug-likeness (QED) is 0.0127. The van der Waals surface area contributed by atoms with E-state index in [9.17, 15) is 82.1 Å². The van der Waals surface area contributed by atoms with Crippen molar-refractivity contribution in [1.29, 1.82) is 0 Å². The normalized spacial score (nSPS) is 17.8. The first-order valence-corrected chi connectivity index (χ1v) is 40.9. The van der Waals surface area contributed by atoms with E-state index in [2.05, 4.69) is 101 Å². The van der Waals surface area contributed by atoms with Crippen molar-refractivity contribution in [2.24, 2.45) is 61.2 Å². The predicted octanol–water partition coefficient (Wildman–Crippen LogP) is -6.57. The summed E-state index contributed by atoms with van der Waals surface area (Å²) in [5, 5.41) is 51.8. The van der Waals surface area contributed by atoms with Crippen LogP contribution in [0.25, 0.3) is 0 Å². The van der Waals surface area contributed by atoms with Crippen molar-refractivity contribution < 1.29 is 82.1 Å². The minimum absolute atomic E-state index is 0.0111. The Hall–Kier alpha value is -11.1. The maximum absolute atomic E-state index is 14.8. The maximum Gasteiger partial charge on any atom is 0.325 e. The maximum atomic E-state index is 14.8. The van der Waals surface area contributed by atoms with E-state index in [0.717, 1.165) is 0 Å². The first-order valence-electron chi connectivity index (χ1n) is 38.9. The van der Waals surface area contributed by atoms with Crippen LogP contribution in [0.15, 0.2) is 57.8 Å². The summed E-state index contributed by atoms with van der Waals surface area (Å²) in [6.07, 6.45) is 5.47. The molecule has 117 heavy (non-hydrogen) atoms. The van der Waals surface area contributed by atoms with E-state index >= 15 is 0 Å². The van der Waals surface area contributed by atoms with E-state index in [1.165, 1.54) is 41.0 Å². The third-order valence-electron chi connectivity index (χ3n) is 19.4. The number of imidazole rings is 1. The number of H-pyrrole nitrogens is 1. The van der Waals surface area contributed by atoms with Gasteiger partial charge in [0.2, 0.25) is 82.7 Å². The Morgan fingerprint density at radius 3 is 1.47 bits per heavy atom. The Morgan fingerprint density at radius 2 is 0.991 bits per heavy atom. The number of nitrogens with one attached hydrogen (secondary N) is 13. The number of aliphatic hydroxyl groups is 1. The lowest BCUT2D eigenvalue weighted by Crippen LogP contribution is -2.62. The third-order valence-corrected chi connectivity index (χ3v) is 20.4. The number of amides is 14. The standard InChI is InChI=1S/C73H117N25O17S2/c1-38(2)31-48(92-66(110)53-20-13-28-97(53)68(112)47(24-30-117-6)90-65(109)52(36-116)95-58(102)44(18-11-26-82-72(76)77)87-57(101)43(17-10-25-81-71(74)75)88-59(103)46-22-23-55(100)86-46)62(106)91-50(33-42-34-80-37-84-42)63(107)94-51(35-99)64(108)89-45(19-12-27-83-73(78)79)60(104)96-56(39(3)4)69(113)98-29-14-21-54(98)67(111)93-49(32-41-15-8-7-9-16-41)61(105)85-40(5)70(114)115/h7-9,15-16,34,37-40,43-54,56,99,116H,10-14,17-33,35-36H2,1-6H3,(H,80,84)(H,85,105)(H,86,100)(H,87,101)(H,88,103)(H,89,108)(H,90,109)(H,91,106)(H,92,110)(H,93,111)(H,94,107)(H,95,102)(H,96,104)(H,114,115)(H4,74,75,81)(H4,76,77,82)(H4,78,79,83)/t40-,43-,44-,45-,46?,47-,48-,49-,50-,51-,52-,53-,54-,56-/m0/s1. The van der Waals surface area contributed by atoms with Gasteiger partial charge < -0.3 is 123 Å². The zero-order chi connectivity index (χ0) is 86.6. The molecule has 0 bridgehead atoms. The second-order valence-electron chi connectivity index (χ2n) is 29.5. The van der Waals surface area contributed by atoms with Gasteiger partial charge in [-0.25, -0.2) is 4.98 Å². The number of aliphatic hydroxyl groups excluding tert-OH is 1. The van der Waals surface area contributed by atoms with Gasteiger partial charge in [-0.1, -0.05) is 58.0 Å². The summed E-state index contributed by atoms with van der Waals surface area (Å²) >= 11 is 5.72. The van der Waals surface area contributed by atoms with Crippen LogP contribution in [0.1, 0.15) is 136 Å². The second-order valence-corrected chi connectivity index (χ2v) is 30.8. The molecule has 5 rings (SSSR count). The Bertz CT molecular complexity index is 3810. The molecule has 1 aromatic heterocycles. The Labute approximate surface area is 687 Å². The summed E-state index contributed by atoms with van der Waals surface area (Å²) in [5.74, 6) is -14.0. The largest absolute Gasteiger partial charge is 0.480 e. The molecule has 14 atom stereocenters. The number of aromatic nitrogens is 2. The van der Waals surface area contributed by atoms with E-state index in [1.807, 2.05) is 0 Å². The van der Waals surface area contributed by atoms with Crippen molar-refractivity contribution in [2.75, 3.05) is 57.1 Å². The molecule has 0 saturated carbocycles. The molecule has 0 radical (unpaired) electrons. The van der Waals surface area contributed by atoms with Gasteiger partial charge in [0.1, 0.15) is 84.6 Å². The molecule has 44 heteroatoms. The average Bonchev–Trinajstić information content (AvgIpc) is 1.71. The molecule has 27 N–H and O–H groups in total. The molecule has 3 saturated heterocycles. The lowest BCUT2D eigenvalue weighted by molar-refractivity contribution is -0.144. The minimum atomic E-state index is -1.81. The number of likely N-dealkylation sites (tertiary alicyclic amines) is 2. The summed E-state index contributed by atoms with van der Waals surface area (Å²) in [7, 11) is 0. The fraction of sp³-hybridized carbons (Fsp3) is 0.630. The SMILES string of the molecule is CSCC[C@H](NC(=O)[C@H](CS)NC(=O)[C@H](CCCN=C(N)N)NC(=O)[C@H](CCCN=C(N)N)NC(=O)C1CCC(=O)N1)C(=O)N1CCC[C@H]1C(=O)N[C@@H](CC(C)C)C(=O)N[C@@H](Cc1cnc[nH]1)C(=O)N[C@@H](CO)C(=O)N[C@@H](CCCN=C(N)N)C(=O)N[C@H](C(=O)N1CCC[C@H]1C(=O)N[C@@H](Cc1ccccc1)C(=O)N[C@@H](C)C(=O)O)C(C)C. The summed E-state index contributed by atoms with van der Waals surface area (Å²) < 4.78 is 0. The zero-order valence-electron chi connectivity index (χ0n) is 66.8. The Morgan fingerprint density at radius 1 is 0.547 bits per heavy atom. The monoisotopic (exact) mass is 1680 g/mol. The molecule has 3 aliphatic heterocycles. The average molecular weight is 1680 g/mol. The number of benzene rings is 1. The van der Waals surface area contributed by atoms with Gasteiger partial charge in [0, 0.05) is 69.6 Å². The van der Waals surface area contributed by atoms with Gasteiger partial charge in [0.05, 0.1) is 12.9 Å². The van der Waals surface area contributed by atoms with Crippen molar-refractivity contribution in [3.8, 4) is 0 Å². The van der Waals surface area contributed by atoms with E-state index < -0.39 is 180 Å². The molecule has 42 nitrogen and oxygen atoms in total. The van der Waals surface area contributed by atoms with Crippen molar-refractivity contribution in [2.45, 2.75) is 222 Å². The number of hydrogen-bond acceptors (Lipinski definition) is 22. The molecule has 1 aromatic carbocycles. The van der Waals surface area contributed by atoms with Gasteiger partial charge in [0.25, 0.3) is 0 Å². The third kappa shape index (κ3) is 32.2. The number of nitrogens with two attached hydrogens (primary N) is 6. The number of nitrogens with zero attached hydrogens (tertiary/aromatic N) is 6. The number of carbonyl (C=O) groups excluding carboxylic acids is 14. The molecule has 0 spiro atoms. The number of carboxylic acids is 1. The van der Waals surface area contributed by atoms with E-state index in [-0.39, 0.29) is 158 Å². The van der Waals surface area contributed by atoms with Crippen LogP contribution in [0.2, 0.25) is 0 Å². The van der Waals surface area contributed by atoms with Crippen LogP contribution in [-0.4, -0.2) is 278 Å². The van der Waals surface area contributed by atoms with E-state index in [4.69, 9.17) is 34.4 Å². The minimum Gasteiger partial charge on any atom is -0.480 e. The van der Waals surface area contributed by atoms with Gasteiger partial charge in [-0.15, -0.1) is 0 Å². The van der Waals surface area contributed by atoms with E-state index in [1.54, 1.807) is 64.3 Å². The highest BCUT2D eigenvalue weighted by atomic mass is 32.2. The van der Waals surface area contributed by atoms with Crippen molar-refractivity contribution in [3.63, 3.8) is 0 Å². The smallest absolute Gasteiger partial charge is 0.325 e. The second kappa shape index (κ2) is 49.1. The van der Waals surface area contributed by atoms with Gasteiger partial charge >= 0.3 is 5.97 Å². The molecule has 4 heterocycles. The first-order chi connectivity index (χ1) is 55.5. The van der Waals surface area contributed by atoms with Crippen LogP contribution in [0.4, 0.5) is 0 Å². The highest BCUT2D eigenvalue weighted by Gasteiger charge is 2.44. The van der Waals surface area contributed by atoms with Crippen LogP contribution in [0, 0.1) is 11.8 Å². The summed E-state index contributed by atoms with van der Waals surface area (Å²) in [4.78, 5) is 231. The molecule has 0 aliphatic carbocycles. The van der Waals surface area contributed by atoms with Crippen LogP contribution in [0.5, 0.6) is 0 Å². The lowest BCUT2D eigenvalue weighted by Gasteiger charge is -2.32. The predicted molar refractivity (Wildman–Crippen MR) is 436 cm³/mol. The topological polar surface area (TPSA) is 669 Å². The van der Waals surface area contributed by atoms with Crippen LogP contribution < -0.4 is 98.2 Å². The van der Waals surface area contributed by atoms with Crippen LogP contribution in [-0.2, 0) is 84.8 Å². The zero-order valence-corrected chi connectivity index (χ0v) is 68.5. The van der Waals surface area contributed by atoms with Crippen molar-refractivity contribution in [3.05, 3.63) is 54.1 Å². The molecule has 648 valence electrons. The fourth-order valence-electron chi connectivity index (χ4n) is 13.2. The number of aliphatic imine (C=N–C) groups is 3. The van der Waals surface area contributed by atoms with Gasteiger partial charge in [-0.3, -0.25) is 86.9 Å². The fourth-order valence-corrected chi connectivity index (χ4v) is 13.9. The highest BCUT2D eigenvalue weighted by molar-refractivity contribution is 7.98. The number of aromatic amines is 1. The number of rotatable bonds is 49. The molecular weight excluding hydrogens is 1560 g/mol. The van der Waals surface area contributed by atoms with E-state index in [0.29, 0.717) is 29.9 Å². The molecule has 3 fully saturated rings. The van der Waals surface area contributed by atoms with Crippen molar-refractivity contribution >= 4 is 131 Å².